The van der Waals surface area contributed by atoms with Gasteiger partial charge in [-0.1, -0.05) is 18.2 Å². The first kappa shape index (κ1) is 20.3. The maximum atomic E-state index is 14.8. The Balaban J connectivity index is 1.93. The van der Waals surface area contributed by atoms with E-state index in [2.05, 4.69) is 0 Å². The molecule has 2 aromatic carbocycles. The van der Waals surface area contributed by atoms with Crippen LogP contribution in [0.2, 0.25) is 0 Å². The van der Waals surface area contributed by atoms with Gasteiger partial charge in [0.2, 0.25) is 5.76 Å². The molecule has 0 spiro atoms. The van der Waals surface area contributed by atoms with Crippen molar-refractivity contribution in [2.75, 3.05) is 27.2 Å². The number of nitrogens with zero attached hydrogens (tertiary/aromatic N) is 2. The predicted octanol–water partition coefficient (Wildman–Crippen LogP) is 4.05. The minimum absolute atomic E-state index is 0.0221. The number of carbonyl (C=O) groups is 1. The van der Waals surface area contributed by atoms with E-state index in [0.29, 0.717) is 29.5 Å². The molecule has 4 rings (SSSR count). The summed E-state index contributed by atoms with van der Waals surface area (Å²) in [6.45, 7) is 5.02. The quantitative estimate of drug-likeness (QED) is 0.639. The van der Waals surface area contributed by atoms with E-state index in [-0.39, 0.29) is 22.7 Å². The first-order valence-corrected chi connectivity index (χ1v) is 10.1. The summed E-state index contributed by atoms with van der Waals surface area (Å²) >= 11 is 0. The second kappa shape index (κ2) is 7.69. The Morgan fingerprint density at radius 3 is 2.50 bits per heavy atom. The van der Waals surface area contributed by atoms with Crippen molar-refractivity contribution in [2.45, 2.75) is 26.3 Å². The molecule has 1 aliphatic rings. The van der Waals surface area contributed by atoms with Crippen molar-refractivity contribution in [1.82, 2.24) is 9.80 Å². The number of hydrogen-bond acceptors (Lipinski definition) is 4. The van der Waals surface area contributed by atoms with E-state index in [0.717, 1.165) is 17.7 Å². The topological polar surface area (TPSA) is 53.8 Å². The summed E-state index contributed by atoms with van der Waals surface area (Å²) in [5, 5.41) is 0.418. The lowest BCUT2D eigenvalue weighted by Gasteiger charge is -2.26. The smallest absolute Gasteiger partial charge is 0.290 e. The summed E-state index contributed by atoms with van der Waals surface area (Å²) in [6, 6.07) is 9.08. The number of carbonyl (C=O) groups excluding carboxylic acids is 1. The fraction of sp³-hybridized carbons (Fsp3) is 0.333. The van der Waals surface area contributed by atoms with Crippen molar-refractivity contribution in [3.63, 3.8) is 0 Å². The van der Waals surface area contributed by atoms with Crippen LogP contribution in [-0.2, 0) is 0 Å². The molecule has 0 unspecified atom stereocenters. The van der Waals surface area contributed by atoms with Crippen molar-refractivity contribution in [3.05, 3.63) is 80.5 Å². The monoisotopic (exact) mass is 408 g/mol. The van der Waals surface area contributed by atoms with Crippen LogP contribution in [-0.4, -0.2) is 42.9 Å². The Morgan fingerprint density at radius 2 is 1.80 bits per heavy atom. The van der Waals surface area contributed by atoms with Gasteiger partial charge in [0.15, 0.2) is 5.43 Å². The molecule has 0 saturated heterocycles. The van der Waals surface area contributed by atoms with E-state index in [4.69, 9.17) is 4.42 Å². The molecule has 0 fully saturated rings. The summed E-state index contributed by atoms with van der Waals surface area (Å²) in [7, 11) is 3.91. The highest BCUT2D eigenvalue weighted by atomic mass is 19.1. The van der Waals surface area contributed by atoms with E-state index in [1.54, 1.807) is 35.2 Å². The fourth-order valence-electron chi connectivity index (χ4n) is 4.08. The van der Waals surface area contributed by atoms with Crippen molar-refractivity contribution in [1.29, 1.82) is 0 Å². The zero-order valence-electron chi connectivity index (χ0n) is 17.7. The van der Waals surface area contributed by atoms with Crippen molar-refractivity contribution in [3.8, 4) is 0 Å². The minimum Gasteiger partial charge on any atom is -0.450 e. The third-order valence-electron chi connectivity index (χ3n) is 5.79. The van der Waals surface area contributed by atoms with Crippen molar-refractivity contribution in [2.24, 2.45) is 0 Å². The van der Waals surface area contributed by atoms with Crippen LogP contribution in [0, 0.1) is 19.7 Å². The number of aryl methyl sites for hydroxylation is 2. The van der Waals surface area contributed by atoms with Gasteiger partial charge in [0, 0.05) is 12.1 Å². The van der Waals surface area contributed by atoms with Gasteiger partial charge in [0.25, 0.3) is 5.91 Å². The zero-order valence-corrected chi connectivity index (χ0v) is 17.7. The van der Waals surface area contributed by atoms with Gasteiger partial charge < -0.3 is 14.2 Å². The first-order valence-electron chi connectivity index (χ1n) is 10.1. The molecule has 1 amide bonds. The van der Waals surface area contributed by atoms with Crippen molar-refractivity contribution >= 4 is 16.9 Å². The number of hydrogen-bond donors (Lipinski definition) is 0. The third kappa shape index (κ3) is 3.31. The third-order valence-corrected chi connectivity index (χ3v) is 5.79. The highest BCUT2D eigenvalue weighted by molar-refractivity contribution is 5.99. The number of fused-ring (bicyclic) bond motifs is 2. The van der Waals surface area contributed by atoms with Crippen molar-refractivity contribution < 1.29 is 13.6 Å². The standard InChI is InChI=1S/C24H25FN2O3/c1-14-12-17-19(13-15(14)2)30-23-20(22(17)28)21(16-8-5-6-9-18(16)25)27(24(23)29)11-7-10-26(3)4/h5-6,8-9,12-13,21H,7,10-11H2,1-4H3/t21-/m1/s1. The molecule has 156 valence electrons. The number of amides is 1. The molecule has 6 heteroatoms. The maximum absolute atomic E-state index is 14.8. The average Bonchev–Trinajstić information content (AvgIpc) is 2.96. The molecular weight excluding hydrogens is 383 g/mol. The molecule has 1 aliphatic heterocycles. The highest BCUT2D eigenvalue weighted by Gasteiger charge is 2.43. The van der Waals surface area contributed by atoms with E-state index < -0.39 is 11.9 Å². The Bertz CT molecular complexity index is 1200. The molecule has 2 heterocycles. The summed E-state index contributed by atoms with van der Waals surface area (Å²) in [6.07, 6.45) is 0.698. The van der Waals surface area contributed by atoms with Gasteiger partial charge in [-0.05, 0) is 70.2 Å². The Kier molecular flexibility index (Phi) is 5.20. The van der Waals surface area contributed by atoms with Crippen LogP contribution in [0.4, 0.5) is 4.39 Å². The van der Waals surface area contributed by atoms with Crippen LogP contribution < -0.4 is 5.43 Å². The molecule has 30 heavy (non-hydrogen) atoms. The molecule has 0 N–H and O–H groups in total. The van der Waals surface area contributed by atoms with Crippen LogP contribution in [0.25, 0.3) is 11.0 Å². The largest absolute Gasteiger partial charge is 0.450 e. The molecule has 0 radical (unpaired) electrons. The number of rotatable bonds is 5. The van der Waals surface area contributed by atoms with Gasteiger partial charge in [-0.15, -0.1) is 0 Å². The summed E-state index contributed by atoms with van der Waals surface area (Å²) in [5.41, 5.74) is 2.59. The van der Waals surface area contributed by atoms with E-state index in [9.17, 15) is 14.0 Å². The summed E-state index contributed by atoms with van der Waals surface area (Å²) < 4.78 is 20.7. The van der Waals surface area contributed by atoms with Crippen LogP contribution in [0.5, 0.6) is 0 Å². The molecule has 1 aromatic heterocycles. The first-order chi connectivity index (χ1) is 14.3. The molecular formula is C24H25FN2O3. The zero-order chi connectivity index (χ0) is 21.6. The predicted molar refractivity (Wildman–Crippen MR) is 114 cm³/mol. The van der Waals surface area contributed by atoms with Gasteiger partial charge >= 0.3 is 0 Å². The SMILES string of the molecule is Cc1cc2oc3c(c(=O)c2cc1C)[C@@H](c1ccccc1F)N(CCCN(C)C)C3=O. The van der Waals surface area contributed by atoms with E-state index >= 15 is 0 Å². The average molecular weight is 408 g/mol. The second-order valence-corrected chi connectivity index (χ2v) is 8.19. The van der Waals surface area contributed by atoms with Crippen LogP contribution >= 0.6 is 0 Å². The summed E-state index contributed by atoms with van der Waals surface area (Å²) in [5.74, 6) is -0.788. The molecule has 0 aliphatic carbocycles. The Labute approximate surface area is 174 Å². The van der Waals surface area contributed by atoms with E-state index in [1.165, 1.54) is 6.07 Å². The van der Waals surface area contributed by atoms with Gasteiger partial charge in [-0.3, -0.25) is 9.59 Å². The number of benzene rings is 2. The second-order valence-electron chi connectivity index (χ2n) is 8.19. The molecule has 1 atom stereocenters. The van der Waals surface area contributed by atoms with Gasteiger partial charge in [0.1, 0.15) is 11.4 Å². The van der Waals surface area contributed by atoms with Crippen LogP contribution in [0.1, 0.15) is 45.3 Å². The van der Waals surface area contributed by atoms with Gasteiger partial charge in [-0.2, -0.15) is 0 Å². The lowest BCUT2D eigenvalue weighted by Crippen LogP contribution is -2.32. The Morgan fingerprint density at radius 1 is 1.10 bits per heavy atom. The summed E-state index contributed by atoms with van der Waals surface area (Å²) in [4.78, 5) is 30.3. The maximum Gasteiger partial charge on any atom is 0.290 e. The molecule has 0 bridgehead atoms. The molecule has 5 nitrogen and oxygen atoms in total. The van der Waals surface area contributed by atoms with Gasteiger partial charge in [0.05, 0.1) is 17.0 Å². The molecule has 0 saturated carbocycles. The lowest BCUT2D eigenvalue weighted by atomic mass is 9.97. The minimum atomic E-state index is -0.793. The molecule has 3 aromatic rings. The fourth-order valence-corrected chi connectivity index (χ4v) is 4.08. The Hall–Kier alpha value is -2.99. The number of halogens is 1. The van der Waals surface area contributed by atoms with E-state index in [1.807, 2.05) is 32.8 Å². The highest BCUT2D eigenvalue weighted by Crippen LogP contribution is 2.39. The lowest BCUT2D eigenvalue weighted by molar-refractivity contribution is 0.0720. The van der Waals surface area contributed by atoms with Crippen LogP contribution in [0.3, 0.4) is 0 Å². The van der Waals surface area contributed by atoms with Crippen LogP contribution in [0.15, 0.2) is 45.6 Å². The normalized spacial score (nSPS) is 16.0. The van der Waals surface area contributed by atoms with Gasteiger partial charge in [-0.25, -0.2) is 4.39 Å².